The number of hydrogen-bond donors (Lipinski definition) is 0. The summed E-state index contributed by atoms with van der Waals surface area (Å²) in [6.45, 7) is 9.87. The molecule has 0 amide bonds. The Morgan fingerprint density at radius 3 is 2.36 bits per heavy atom. The summed E-state index contributed by atoms with van der Waals surface area (Å²) in [5.41, 5.74) is 7.17. The highest BCUT2D eigenvalue weighted by atomic mass is 16.5. The van der Waals surface area contributed by atoms with Crippen molar-refractivity contribution in [2.45, 2.75) is 34.2 Å². The monoisotopic (exact) mass is 294 g/mol. The van der Waals surface area contributed by atoms with E-state index in [1.54, 1.807) is 0 Å². The van der Waals surface area contributed by atoms with Gasteiger partial charge in [-0.1, -0.05) is 18.2 Å². The van der Waals surface area contributed by atoms with Gasteiger partial charge in [-0.3, -0.25) is 0 Å². The van der Waals surface area contributed by atoms with Gasteiger partial charge in [-0.05, 0) is 62.1 Å². The molecule has 0 spiro atoms. The molecule has 0 radical (unpaired) electrons. The number of imidazole rings is 1. The first-order valence-electron chi connectivity index (χ1n) is 7.67. The van der Waals surface area contributed by atoms with Crippen LogP contribution in [0.25, 0.3) is 11.0 Å². The third-order valence-corrected chi connectivity index (χ3v) is 4.22. The van der Waals surface area contributed by atoms with Crippen molar-refractivity contribution in [3.05, 3.63) is 58.9 Å². The summed E-state index contributed by atoms with van der Waals surface area (Å²) in [5.74, 6) is 0.999. The Bertz CT molecular complexity index is 797. The minimum atomic E-state index is 0.643. The molecule has 22 heavy (non-hydrogen) atoms. The van der Waals surface area contributed by atoms with E-state index in [2.05, 4.69) is 67.6 Å². The van der Waals surface area contributed by atoms with E-state index in [1.165, 1.54) is 27.8 Å². The average molecular weight is 294 g/mol. The Labute approximate surface area is 131 Å². The van der Waals surface area contributed by atoms with Crippen LogP contribution in [0.1, 0.15) is 22.3 Å². The predicted octanol–water partition coefficient (Wildman–Crippen LogP) is 4.35. The SMILES string of the molecule is Cc1cc2ncn(CCOc3c(C)cccc3C)c2cc1C. The van der Waals surface area contributed by atoms with Crippen molar-refractivity contribution in [1.29, 1.82) is 0 Å². The largest absolute Gasteiger partial charge is 0.491 e. The molecule has 1 heterocycles. The highest BCUT2D eigenvalue weighted by Gasteiger charge is 2.06. The van der Waals surface area contributed by atoms with Crippen molar-refractivity contribution >= 4 is 11.0 Å². The number of rotatable bonds is 4. The van der Waals surface area contributed by atoms with Crippen LogP contribution in [0.2, 0.25) is 0 Å². The summed E-state index contributed by atoms with van der Waals surface area (Å²) < 4.78 is 8.16. The number of para-hydroxylation sites is 1. The van der Waals surface area contributed by atoms with Crippen LogP contribution in [0.4, 0.5) is 0 Å². The molecule has 0 aliphatic rings. The molecule has 0 saturated heterocycles. The molecule has 0 aliphatic carbocycles. The molecule has 0 unspecified atom stereocenters. The minimum absolute atomic E-state index is 0.643. The molecule has 1 aromatic heterocycles. The van der Waals surface area contributed by atoms with E-state index in [4.69, 9.17) is 4.74 Å². The number of hydrogen-bond acceptors (Lipinski definition) is 2. The normalized spacial score (nSPS) is 11.1. The second-order valence-electron chi connectivity index (χ2n) is 5.93. The fraction of sp³-hybridized carbons (Fsp3) is 0.316. The topological polar surface area (TPSA) is 27.1 Å². The molecule has 3 rings (SSSR count). The van der Waals surface area contributed by atoms with Crippen LogP contribution in [0.3, 0.4) is 0 Å². The van der Waals surface area contributed by atoms with E-state index in [-0.39, 0.29) is 0 Å². The number of aromatic nitrogens is 2. The quantitative estimate of drug-likeness (QED) is 0.715. The van der Waals surface area contributed by atoms with E-state index in [9.17, 15) is 0 Å². The van der Waals surface area contributed by atoms with E-state index in [0.717, 1.165) is 17.8 Å². The van der Waals surface area contributed by atoms with Crippen LogP contribution >= 0.6 is 0 Å². The van der Waals surface area contributed by atoms with Gasteiger partial charge in [0.05, 0.1) is 23.9 Å². The Hall–Kier alpha value is -2.29. The van der Waals surface area contributed by atoms with Crippen molar-refractivity contribution in [2.24, 2.45) is 0 Å². The van der Waals surface area contributed by atoms with Crippen molar-refractivity contribution in [1.82, 2.24) is 9.55 Å². The highest BCUT2D eigenvalue weighted by molar-refractivity contribution is 5.77. The van der Waals surface area contributed by atoms with E-state index in [0.29, 0.717) is 6.61 Å². The first-order chi connectivity index (χ1) is 10.6. The maximum atomic E-state index is 6.00. The molecule has 114 valence electrons. The zero-order chi connectivity index (χ0) is 15.7. The molecule has 0 bridgehead atoms. The summed E-state index contributed by atoms with van der Waals surface area (Å²) in [4.78, 5) is 4.49. The lowest BCUT2D eigenvalue weighted by Gasteiger charge is -2.12. The summed E-state index contributed by atoms with van der Waals surface area (Å²) in [7, 11) is 0. The number of nitrogens with zero attached hydrogens (tertiary/aromatic N) is 2. The molecule has 2 aromatic carbocycles. The van der Waals surface area contributed by atoms with Crippen molar-refractivity contribution in [2.75, 3.05) is 6.61 Å². The van der Waals surface area contributed by atoms with Crippen molar-refractivity contribution < 1.29 is 4.74 Å². The van der Waals surface area contributed by atoms with Gasteiger partial charge in [0.25, 0.3) is 0 Å². The summed E-state index contributed by atoms with van der Waals surface area (Å²) in [6.07, 6.45) is 1.90. The van der Waals surface area contributed by atoms with Crippen molar-refractivity contribution in [3.63, 3.8) is 0 Å². The maximum absolute atomic E-state index is 6.00. The van der Waals surface area contributed by atoms with E-state index < -0.39 is 0 Å². The molecule has 3 aromatic rings. The second kappa shape index (κ2) is 5.84. The first-order valence-corrected chi connectivity index (χ1v) is 7.67. The summed E-state index contributed by atoms with van der Waals surface area (Å²) >= 11 is 0. The molecular formula is C19H22N2O. The van der Waals surface area contributed by atoms with Gasteiger partial charge in [0.1, 0.15) is 12.4 Å². The third kappa shape index (κ3) is 2.71. The van der Waals surface area contributed by atoms with Crippen LogP contribution in [0, 0.1) is 27.7 Å². The second-order valence-corrected chi connectivity index (χ2v) is 5.93. The van der Waals surface area contributed by atoms with Crippen molar-refractivity contribution in [3.8, 4) is 5.75 Å². The van der Waals surface area contributed by atoms with Gasteiger partial charge in [-0.15, -0.1) is 0 Å². The smallest absolute Gasteiger partial charge is 0.125 e. The Kier molecular flexibility index (Phi) is 3.88. The first kappa shape index (κ1) is 14.6. The van der Waals surface area contributed by atoms with Gasteiger partial charge < -0.3 is 9.30 Å². The number of fused-ring (bicyclic) bond motifs is 1. The molecule has 0 atom stereocenters. The Morgan fingerprint density at radius 1 is 0.955 bits per heavy atom. The van der Waals surface area contributed by atoms with Gasteiger partial charge in [-0.25, -0.2) is 4.98 Å². The maximum Gasteiger partial charge on any atom is 0.125 e. The van der Waals surface area contributed by atoms with Crippen LogP contribution in [-0.4, -0.2) is 16.2 Å². The summed E-state index contributed by atoms with van der Waals surface area (Å²) in [5, 5.41) is 0. The van der Waals surface area contributed by atoms with Crippen LogP contribution < -0.4 is 4.74 Å². The molecule has 3 heteroatoms. The lowest BCUT2D eigenvalue weighted by atomic mass is 10.1. The van der Waals surface area contributed by atoms with Gasteiger partial charge in [0.2, 0.25) is 0 Å². The van der Waals surface area contributed by atoms with Crippen LogP contribution in [0.5, 0.6) is 5.75 Å². The Balaban J connectivity index is 1.76. The zero-order valence-electron chi connectivity index (χ0n) is 13.7. The number of aryl methyl sites for hydroxylation is 4. The predicted molar refractivity (Wildman–Crippen MR) is 90.6 cm³/mol. The summed E-state index contributed by atoms with van der Waals surface area (Å²) in [6, 6.07) is 10.6. The number of ether oxygens (including phenoxy) is 1. The molecule has 0 fully saturated rings. The number of benzene rings is 2. The lowest BCUT2D eigenvalue weighted by molar-refractivity contribution is 0.296. The van der Waals surface area contributed by atoms with Gasteiger partial charge in [0.15, 0.2) is 0 Å². The molecule has 3 nitrogen and oxygen atoms in total. The molecule has 0 saturated carbocycles. The van der Waals surface area contributed by atoms with Gasteiger partial charge in [-0.2, -0.15) is 0 Å². The standard InChI is InChI=1S/C19H22N2O/c1-13-6-5-7-14(2)19(13)22-9-8-21-12-20-17-10-15(3)16(4)11-18(17)21/h5-7,10-12H,8-9H2,1-4H3. The van der Waals surface area contributed by atoms with E-state index >= 15 is 0 Å². The van der Waals surface area contributed by atoms with Crippen LogP contribution in [-0.2, 0) is 6.54 Å². The highest BCUT2D eigenvalue weighted by Crippen LogP contribution is 2.23. The molecular weight excluding hydrogens is 272 g/mol. The zero-order valence-corrected chi connectivity index (χ0v) is 13.7. The third-order valence-electron chi connectivity index (χ3n) is 4.22. The molecule has 0 N–H and O–H groups in total. The Morgan fingerprint density at radius 2 is 1.64 bits per heavy atom. The fourth-order valence-corrected chi connectivity index (χ4v) is 2.76. The van der Waals surface area contributed by atoms with Crippen LogP contribution in [0.15, 0.2) is 36.7 Å². The van der Waals surface area contributed by atoms with Gasteiger partial charge in [0, 0.05) is 0 Å². The lowest BCUT2D eigenvalue weighted by Crippen LogP contribution is -2.08. The van der Waals surface area contributed by atoms with E-state index in [1.807, 2.05) is 6.33 Å². The average Bonchev–Trinajstić information content (AvgIpc) is 2.85. The van der Waals surface area contributed by atoms with Gasteiger partial charge >= 0.3 is 0 Å². The minimum Gasteiger partial charge on any atom is -0.491 e. The molecule has 0 aliphatic heterocycles. The fourth-order valence-electron chi connectivity index (χ4n) is 2.76.